The minimum Gasteiger partial charge on any atom is -0.496 e. The summed E-state index contributed by atoms with van der Waals surface area (Å²) in [5.41, 5.74) is 4.24. The monoisotopic (exact) mass is 535 g/mol. The lowest BCUT2D eigenvalue weighted by Crippen LogP contribution is -2.39. The Hall–Kier alpha value is -3.55. The lowest BCUT2D eigenvalue weighted by atomic mass is 10.0. The molecule has 1 aliphatic heterocycles. The number of methoxy groups -OCH3 is 1. The van der Waals surface area contributed by atoms with Crippen molar-refractivity contribution >= 4 is 35.0 Å². The number of ether oxygens (including phenoxy) is 2. The van der Waals surface area contributed by atoms with Crippen molar-refractivity contribution in [3.8, 4) is 16.9 Å². The Morgan fingerprint density at radius 3 is 2.39 bits per heavy atom. The number of carbonyl (C=O) groups is 2. The van der Waals surface area contributed by atoms with E-state index in [9.17, 15) is 9.59 Å². The Kier molecular flexibility index (Phi) is 9.62. The van der Waals surface area contributed by atoms with Crippen molar-refractivity contribution in [2.24, 2.45) is 0 Å². The fourth-order valence-electron chi connectivity index (χ4n) is 4.63. The Balaban J connectivity index is 1.21. The first-order valence-electron chi connectivity index (χ1n) is 13.0. The first kappa shape index (κ1) is 27.5. The summed E-state index contributed by atoms with van der Waals surface area (Å²) in [7, 11) is 1.61. The van der Waals surface area contributed by atoms with Gasteiger partial charge in [0.05, 0.1) is 23.5 Å². The highest BCUT2D eigenvalue weighted by Crippen LogP contribution is 2.31. The van der Waals surface area contributed by atoms with Crippen LogP contribution in [0.3, 0.4) is 0 Å². The van der Waals surface area contributed by atoms with Crippen LogP contribution in [0.15, 0.2) is 66.7 Å². The molecule has 0 aromatic heterocycles. The number of piperidine rings is 1. The van der Waals surface area contributed by atoms with E-state index in [-0.39, 0.29) is 12.0 Å². The fourth-order valence-corrected chi connectivity index (χ4v) is 4.87. The quantitative estimate of drug-likeness (QED) is 0.322. The Bertz CT molecular complexity index is 1240. The van der Waals surface area contributed by atoms with Gasteiger partial charge < -0.3 is 19.7 Å². The van der Waals surface area contributed by atoms with Crippen LogP contribution in [0.5, 0.6) is 5.75 Å². The fraction of sp³-hybridized carbons (Fsp3) is 0.333. The van der Waals surface area contributed by atoms with Gasteiger partial charge in [0.25, 0.3) is 0 Å². The molecule has 0 spiro atoms. The largest absolute Gasteiger partial charge is 0.496 e. The highest BCUT2D eigenvalue weighted by atomic mass is 35.5. The highest BCUT2D eigenvalue weighted by Gasteiger charge is 2.23. The second kappa shape index (κ2) is 13.3. The predicted octanol–water partition coefficient (Wildman–Crippen LogP) is 6.62. The molecule has 2 amide bonds. The average molecular weight is 536 g/mol. The SMILES string of the molecule is CCc1cc(Cl)c(NC(=O)CCN2CCC(OC(=O)Nc3ccccc3-c3ccccc3)CC2)cc1OC. The highest BCUT2D eigenvalue weighted by molar-refractivity contribution is 6.33. The van der Waals surface area contributed by atoms with E-state index in [0.717, 1.165) is 49.0 Å². The molecule has 200 valence electrons. The van der Waals surface area contributed by atoms with Gasteiger partial charge in [0, 0.05) is 37.7 Å². The van der Waals surface area contributed by atoms with Gasteiger partial charge in [-0.25, -0.2) is 4.79 Å². The van der Waals surface area contributed by atoms with Gasteiger partial charge in [-0.1, -0.05) is 67.1 Å². The van der Waals surface area contributed by atoms with Crippen molar-refractivity contribution < 1.29 is 19.1 Å². The zero-order chi connectivity index (χ0) is 26.9. The summed E-state index contributed by atoms with van der Waals surface area (Å²) in [5.74, 6) is 0.606. The van der Waals surface area contributed by atoms with Crippen molar-refractivity contribution in [1.82, 2.24) is 4.90 Å². The third-order valence-electron chi connectivity index (χ3n) is 6.74. The minimum absolute atomic E-state index is 0.104. The van der Waals surface area contributed by atoms with E-state index >= 15 is 0 Å². The number of hydrogen-bond acceptors (Lipinski definition) is 5. The molecule has 1 fully saturated rings. The van der Waals surface area contributed by atoms with E-state index < -0.39 is 6.09 Å². The molecule has 3 aromatic rings. The van der Waals surface area contributed by atoms with E-state index in [1.807, 2.05) is 67.6 Å². The van der Waals surface area contributed by atoms with Crippen molar-refractivity contribution in [2.45, 2.75) is 38.7 Å². The van der Waals surface area contributed by atoms with Crippen molar-refractivity contribution in [3.63, 3.8) is 0 Å². The molecule has 7 nitrogen and oxygen atoms in total. The summed E-state index contributed by atoms with van der Waals surface area (Å²) < 4.78 is 11.1. The maximum absolute atomic E-state index is 12.6. The maximum atomic E-state index is 12.6. The van der Waals surface area contributed by atoms with Crippen LogP contribution in [-0.2, 0) is 16.0 Å². The molecule has 1 saturated heterocycles. The van der Waals surface area contributed by atoms with E-state index in [1.54, 1.807) is 13.2 Å². The summed E-state index contributed by atoms with van der Waals surface area (Å²) in [6, 6.07) is 21.2. The van der Waals surface area contributed by atoms with Gasteiger partial charge in [-0.3, -0.25) is 10.1 Å². The number of para-hydroxylation sites is 1. The summed E-state index contributed by atoms with van der Waals surface area (Å²) in [6.07, 6.45) is 1.96. The van der Waals surface area contributed by atoms with E-state index in [4.69, 9.17) is 21.1 Å². The lowest BCUT2D eigenvalue weighted by Gasteiger charge is -2.31. The first-order valence-corrected chi connectivity index (χ1v) is 13.3. The minimum atomic E-state index is -0.451. The van der Waals surface area contributed by atoms with Gasteiger partial charge in [0.2, 0.25) is 5.91 Å². The number of benzene rings is 3. The van der Waals surface area contributed by atoms with E-state index in [1.165, 1.54) is 0 Å². The molecule has 1 heterocycles. The van der Waals surface area contributed by atoms with Gasteiger partial charge in [-0.05, 0) is 42.5 Å². The number of carbonyl (C=O) groups excluding carboxylic acids is 2. The molecule has 8 heteroatoms. The van der Waals surface area contributed by atoms with Crippen LogP contribution in [0.1, 0.15) is 31.7 Å². The predicted molar refractivity (Wildman–Crippen MR) is 152 cm³/mol. The van der Waals surface area contributed by atoms with Gasteiger partial charge in [0.15, 0.2) is 0 Å². The zero-order valence-corrected chi connectivity index (χ0v) is 22.6. The number of rotatable bonds is 9. The second-order valence-corrected chi connectivity index (χ2v) is 9.69. The van der Waals surface area contributed by atoms with E-state index in [0.29, 0.717) is 35.1 Å². The Morgan fingerprint density at radius 2 is 1.68 bits per heavy atom. The lowest BCUT2D eigenvalue weighted by molar-refractivity contribution is -0.116. The van der Waals surface area contributed by atoms with E-state index in [2.05, 4.69) is 15.5 Å². The number of hydrogen-bond donors (Lipinski definition) is 2. The summed E-state index contributed by atoms with van der Waals surface area (Å²) >= 11 is 6.35. The number of aryl methyl sites for hydroxylation is 1. The van der Waals surface area contributed by atoms with Crippen LogP contribution in [0.25, 0.3) is 11.1 Å². The van der Waals surface area contributed by atoms with Crippen molar-refractivity contribution in [2.75, 3.05) is 37.4 Å². The number of halogens is 1. The number of amides is 2. The molecule has 0 atom stereocenters. The maximum Gasteiger partial charge on any atom is 0.411 e. The standard InChI is InChI=1S/C30H34ClN3O4/c1-3-21-19-25(31)27(20-28(21)37-2)32-29(35)15-18-34-16-13-23(14-17-34)38-30(36)33-26-12-8-7-11-24(26)22-9-5-4-6-10-22/h4-12,19-20,23H,3,13-18H2,1-2H3,(H,32,35)(H,33,36). The average Bonchev–Trinajstić information content (AvgIpc) is 2.94. The van der Waals surface area contributed by atoms with Crippen LogP contribution < -0.4 is 15.4 Å². The molecule has 0 saturated carbocycles. The van der Waals surface area contributed by atoms with Crippen LogP contribution in [-0.4, -0.2) is 49.7 Å². The van der Waals surface area contributed by atoms with Crippen molar-refractivity contribution in [1.29, 1.82) is 0 Å². The number of anilines is 2. The molecule has 3 aromatic carbocycles. The third kappa shape index (κ3) is 7.27. The van der Waals surface area contributed by atoms with Crippen LogP contribution in [0.4, 0.5) is 16.2 Å². The summed E-state index contributed by atoms with van der Waals surface area (Å²) in [4.78, 5) is 27.4. The van der Waals surface area contributed by atoms with Crippen LogP contribution >= 0.6 is 11.6 Å². The summed E-state index contributed by atoms with van der Waals surface area (Å²) in [5, 5.41) is 6.30. The molecule has 0 unspecified atom stereocenters. The van der Waals surface area contributed by atoms with Gasteiger partial charge in [-0.2, -0.15) is 0 Å². The molecule has 0 aliphatic carbocycles. The molecule has 2 N–H and O–H groups in total. The van der Waals surface area contributed by atoms with Gasteiger partial charge >= 0.3 is 6.09 Å². The Morgan fingerprint density at radius 1 is 0.974 bits per heavy atom. The molecule has 0 radical (unpaired) electrons. The number of nitrogens with one attached hydrogen (secondary N) is 2. The van der Waals surface area contributed by atoms with Crippen LogP contribution in [0.2, 0.25) is 5.02 Å². The normalized spacial score (nSPS) is 14.1. The number of nitrogens with zero attached hydrogens (tertiary/aromatic N) is 1. The molecule has 0 bridgehead atoms. The third-order valence-corrected chi connectivity index (χ3v) is 7.05. The molecular weight excluding hydrogens is 502 g/mol. The molecule has 1 aliphatic rings. The zero-order valence-electron chi connectivity index (χ0n) is 21.8. The van der Waals surface area contributed by atoms with Gasteiger partial charge in [-0.15, -0.1) is 0 Å². The van der Waals surface area contributed by atoms with Crippen molar-refractivity contribution in [3.05, 3.63) is 77.3 Å². The second-order valence-electron chi connectivity index (χ2n) is 9.28. The molecule has 4 rings (SSSR count). The smallest absolute Gasteiger partial charge is 0.411 e. The molecular formula is C30H34ClN3O4. The topological polar surface area (TPSA) is 79.9 Å². The van der Waals surface area contributed by atoms with Crippen LogP contribution in [0, 0.1) is 0 Å². The summed E-state index contributed by atoms with van der Waals surface area (Å²) in [6.45, 7) is 4.16. The Labute approximate surface area is 229 Å². The van der Waals surface area contributed by atoms with Gasteiger partial charge in [0.1, 0.15) is 11.9 Å². The molecule has 38 heavy (non-hydrogen) atoms. The number of likely N-dealkylation sites (tertiary alicyclic amines) is 1. The first-order chi connectivity index (χ1) is 18.5.